The number of amides is 4. The van der Waals surface area contributed by atoms with E-state index in [-0.39, 0.29) is 36.9 Å². The molecule has 6 rings (SSSR count). The standard InChI is InChI=1S/C38H46F5N5O9S/c1-20-8-4-5-9-23-16-37(23,35(51)47-58(53,54)25-12-13-25)46-32(49)28-15-24(57-33-27-11-7-6-10-26(27)29(17-44-33)55-19-30(39)40)18-48(28)34(50)31(21(2)14-20)45-36(52)56-22(3)38(41,42)43/h5-7,9-11,17,20-25,28,30-31H,4,8,12-16,18-19H2,1-3H3,(H,45,52)(H,46,49)(H,47,51). The molecule has 0 bridgehead atoms. The largest absolute Gasteiger partial charge is 0.485 e. The number of nitrogens with zero attached hydrogens (tertiary/aromatic N) is 2. The van der Waals surface area contributed by atoms with E-state index in [1.54, 1.807) is 37.3 Å². The molecular formula is C38H46F5N5O9S. The normalized spacial score (nSPS) is 28.7. The number of pyridine rings is 1. The number of rotatable bonds is 10. The van der Waals surface area contributed by atoms with Gasteiger partial charge in [0.2, 0.25) is 27.7 Å². The molecule has 318 valence electrons. The molecule has 1 aromatic carbocycles. The summed E-state index contributed by atoms with van der Waals surface area (Å²) in [7, 11) is -4.01. The predicted octanol–water partition coefficient (Wildman–Crippen LogP) is 4.77. The van der Waals surface area contributed by atoms with E-state index in [4.69, 9.17) is 9.47 Å². The van der Waals surface area contributed by atoms with Crippen molar-refractivity contribution in [3.05, 3.63) is 42.6 Å². The SMILES string of the molecule is CC1CCC=CC2CC2(C(=O)NS(=O)(=O)C2CC2)NC(=O)C2CC(Oc3ncc(OCC(F)F)c4ccccc34)CN2C(=O)C(NC(=O)OC(C)C(F)(F)F)C(C)C1. The first-order chi connectivity index (χ1) is 27.3. The molecule has 58 heavy (non-hydrogen) atoms. The van der Waals surface area contributed by atoms with Crippen molar-refractivity contribution < 1.29 is 63.8 Å². The maximum atomic E-state index is 14.6. The molecule has 0 radical (unpaired) electrons. The van der Waals surface area contributed by atoms with Gasteiger partial charge in [-0.25, -0.2) is 27.0 Å². The summed E-state index contributed by atoms with van der Waals surface area (Å²) in [6.45, 7) is 2.99. The van der Waals surface area contributed by atoms with Crippen LogP contribution in [0.25, 0.3) is 10.8 Å². The number of alkyl halides is 5. The molecule has 8 unspecified atom stereocenters. The Bertz CT molecular complexity index is 2030. The highest BCUT2D eigenvalue weighted by Crippen LogP contribution is 2.46. The first-order valence-corrected chi connectivity index (χ1v) is 20.7. The van der Waals surface area contributed by atoms with Gasteiger partial charge in [0.25, 0.3) is 12.3 Å². The van der Waals surface area contributed by atoms with Gasteiger partial charge in [0.1, 0.15) is 36.1 Å². The van der Waals surface area contributed by atoms with Crippen LogP contribution in [0.5, 0.6) is 11.6 Å². The van der Waals surface area contributed by atoms with Gasteiger partial charge in [-0.1, -0.05) is 44.2 Å². The molecule has 0 spiro atoms. The number of alkyl carbamates (subject to hydrolysis) is 1. The number of aromatic nitrogens is 1. The topological polar surface area (TPSA) is 182 Å². The van der Waals surface area contributed by atoms with E-state index >= 15 is 0 Å². The van der Waals surface area contributed by atoms with Crippen LogP contribution in [-0.4, -0.2) is 103 Å². The molecule has 14 nitrogen and oxygen atoms in total. The molecule has 4 aliphatic rings. The summed E-state index contributed by atoms with van der Waals surface area (Å²) in [5.74, 6) is -3.88. The minimum atomic E-state index is -4.88. The zero-order valence-corrected chi connectivity index (χ0v) is 32.8. The van der Waals surface area contributed by atoms with Crippen LogP contribution in [0.1, 0.15) is 65.7 Å². The number of ether oxygens (including phenoxy) is 3. The van der Waals surface area contributed by atoms with Crippen molar-refractivity contribution in [3.8, 4) is 11.6 Å². The van der Waals surface area contributed by atoms with Crippen molar-refractivity contribution >= 4 is 44.6 Å². The highest BCUT2D eigenvalue weighted by atomic mass is 32.2. The fourth-order valence-electron chi connectivity index (χ4n) is 7.55. The summed E-state index contributed by atoms with van der Waals surface area (Å²) < 4.78 is 110. The first-order valence-electron chi connectivity index (χ1n) is 19.1. The Morgan fingerprint density at radius 2 is 1.79 bits per heavy atom. The van der Waals surface area contributed by atoms with Gasteiger partial charge in [-0.3, -0.25) is 19.1 Å². The van der Waals surface area contributed by atoms with Crippen LogP contribution in [0.4, 0.5) is 26.7 Å². The second-order valence-corrected chi connectivity index (χ2v) is 17.6. The molecule has 3 N–H and O–H groups in total. The second kappa shape index (κ2) is 16.8. The smallest absolute Gasteiger partial charge is 0.425 e. The molecule has 2 aromatic rings. The van der Waals surface area contributed by atoms with Crippen LogP contribution in [0.2, 0.25) is 0 Å². The van der Waals surface area contributed by atoms with Crippen LogP contribution < -0.4 is 24.8 Å². The van der Waals surface area contributed by atoms with Gasteiger partial charge < -0.3 is 29.7 Å². The van der Waals surface area contributed by atoms with E-state index in [1.807, 2.05) is 13.0 Å². The fraction of sp³-hybridized carbons (Fsp3) is 0.605. The number of sulfonamides is 1. The second-order valence-electron chi connectivity index (χ2n) is 15.6. The van der Waals surface area contributed by atoms with Crippen LogP contribution in [-0.2, 0) is 29.1 Å². The highest BCUT2D eigenvalue weighted by Gasteiger charge is 2.62. The minimum Gasteiger partial charge on any atom is -0.485 e. The number of allylic oxidation sites excluding steroid dienone is 1. The number of hydrogen-bond donors (Lipinski definition) is 3. The monoisotopic (exact) mass is 843 g/mol. The zero-order chi connectivity index (χ0) is 42.2. The molecule has 2 aliphatic heterocycles. The molecule has 2 aliphatic carbocycles. The Kier molecular flexibility index (Phi) is 12.4. The molecule has 3 heterocycles. The number of carbonyl (C=O) groups is 4. The molecular weight excluding hydrogens is 798 g/mol. The predicted molar refractivity (Wildman–Crippen MR) is 197 cm³/mol. The Balaban J connectivity index is 1.34. The van der Waals surface area contributed by atoms with Gasteiger partial charge in [0.15, 0.2) is 6.10 Å². The Morgan fingerprint density at radius 3 is 2.47 bits per heavy atom. The third-order valence-electron chi connectivity index (χ3n) is 11.0. The van der Waals surface area contributed by atoms with Gasteiger partial charge in [-0.2, -0.15) is 13.2 Å². The Hall–Kier alpha value is -4.75. The lowest BCUT2D eigenvalue weighted by molar-refractivity contribution is -0.197. The summed E-state index contributed by atoms with van der Waals surface area (Å²) in [6, 6.07) is 3.63. The van der Waals surface area contributed by atoms with Gasteiger partial charge >= 0.3 is 12.3 Å². The van der Waals surface area contributed by atoms with Crippen molar-refractivity contribution in [2.45, 2.75) is 113 Å². The van der Waals surface area contributed by atoms with E-state index < -0.39 is 100.0 Å². The van der Waals surface area contributed by atoms with E-state index in [1.165, 1.54) is 6.20 Å². The molecule has 2 saturated carbocycles. The van der Waals surface area contributed by atoms with Crippen molar-refractivity contribution in [1.29, 1.82) is 0 Å². The summed E-state index contributed by atoms with van der Waals surface area (Å²) in [5, 5.41) is 5.05. The summed E-state index contributed by atoms with van der Waals surface area (Å²) >= 11 is 0. The van der Waals surface area contributed by atoms with Crippen molar-refractivity contribution in [2.24, 2.45) is 17.8 Å². The fourth-order valence-corrected chi connectivity index (χ4v) is 8.91. The van der Waals surface area contributed by atoms with E-state index in [2.05, 4.69) is 25.1 Å². The minimum absolute atomic E-state index is 0.00991. The number of benzene rings is 1. The molecule has 3 fully saturated rings. The van der Waals surface area contributed by atoms with Crippen LogP contribution in [0.15, 0.2) is 42.6 Å². The Morgan fingerprint density at radius 1 is 1.09 bits per heavy atom. The zero-order valence-electron chi connectivity index (χ0n) is 32.0. The average Bonchev–Trinajstić information content (AvgIpc) is 4.08. The number of nitrogens with one attached hydrogen (secondary N) is 3. The van der Waals surface area contributed by atoms with Crippen molar-refractivity contribution in [2.75, 3.05) is 13.2 Å². The third-order valence-corrected chi connectivity index (χ3v) is 12.8. The third kappa shape index (κ3) is 9.74. The lowest BCUT2D eigenvalue weighted by Crippen LogP contribution is -2.59. The summed E-state index contributed by atoms with van der Waals surface area (Å²) in [5.41, 5.74) is -1.68. The van der Waals surface area contributed by atoms with Crippen molar-refractivity contribution in [3.63, 3.8) is 0 Å². The molecule has 4 amide bonds. The van der Waals surface area contributed by atoms with Crippen LogP contribution in [0, 0.1) is 17.8 Å². The first kappa shape index (κ1) is 42.8. The van der Waals surface area contributed by atoms with E-state index in [0.717, 1.165) is 4.90 Å². The Labute approximate surface area is 331 Å². The maximum absolute atomic E-state index is 14.6. The maximum Gasteiger partial charge on any atom is 0.425 e. The summed E-state index contributed by atoms with van der Waals surface area (Å²) in [4.78, 5) is 61.1. The lowest BCUT2D eigenvalue weighted by Gasteiger charge is -2.33. The van der Waals surface area contributed by atoms with E-state index in [9.17, 15) is 49.5 Å². The van der Waals surface area contributed by atoms with Crippen LogP contribution in [0.3, 0.4) is 0 Å². The number of halogens is 5. The number of hydrogen-bond acceptors (Lipinski definition) is 10. The van der Waals surface area contributed by atoms with Gasteiger partial charge in [-0.15, -0.1) is 0 Å². The van der Waals surface area contributed by atoms with Crippen LogP contribution >= 0.6 is 0 Å². The molecule has 20 heteroatoms. The quantitative estimate of drug-likeness (QED) is 0.223. The summed E-state index contributed by atoms with van der Waals surface area (Å²) in [6.07, 6.45) is -5.79. The average molecular weight is 844 g/mol. The number of carbonyl (C=O) groups excluding carboxylic acids is 4. The highest BCUT2D eigenvalue weighted by molar-refractivity contribution is 7.91. The van der Waals surface area contributed by atoms with Gasteiger partial charge in [0, 0.05) is 23.1 Å². The lowest BCUT2D eigenvalue weighted by atomic mass is 9.88. The van der Waals surface area contributed by atoms with Gasteiger partial charge in [0.05, 0.1) is 18.0 Å². The number of fused-ring (bicyclic) bond motifs is 3. The molecule has 8 atom stereocenters. The molecule has 1 saturated heterocycles. The molecule has 1 aromatic heterocycles. The van der Waals surface area contributed by atoms with Gasteiger partial charge in [-0.05, 0) is 63.4 Å². The van der Waals surface area contributed by atoms with E-state index in [0.29, 0.717) is 49.8 Å². The van der Waals surface area contributed by atoms with Crippen molar-refractivity contribution in [1.82, 2.24) is 25.2 Å².